The molecule has 16 heavy (non-hydrogen) atoms. The standard InChI is InChI=1S/C10H21NO4S/c1-4-15-10(12)8-16(13,14)7-5-6-11-9(2)3/h9,11H,4-8H2,1-3H3. The van der Waals surface area contributed by atoms with Crippen molar-refractivity contribution in [1.82, 2.24) is 5.32 Å². The van der Waals surface area contributed by atoms with Crippen molar-refractivity contribution in [3.8, 4) is 0 Å². The molecule has 0 atom stereocenters. The molecule has 0 saturated carbocycles. The van der Waals surface area contributed by atoms with E-state index in [1.807, 2.05) is 13.8 Å². The Kier molecular flexibility index (Phi) is 7.33. The van der Waals surface area contributed by atoms with E-state index in [1.165, 1.54) is 0 Å². The molecule has 0 aromatic rings. The van der Waals surface area contributed by atoms with E-state index in [0.717, 1.165) is 0 Å². The van der Waals surface area contributed by atoms with Crippen LogP contribution in [0.25, 0.3) is 0 Å². The fourth-order valence-electron chi connectivity index (χ4n) is 1.14. The molecule has 0 heterocycles. The van der Waals surface area contributed by atoms with Gasteiger partial charge in [-0.05, 0) is 19.9 Å². The molecule has 0 unspecified atom stereocenters. The van der Waals surface area contributed by atoms with Gasteiger partial charge in [0, 0.05) is 6.04 Å². The Hall–Kier alpha value is -0.620. The summed E-state index contributed by atoms with van der Waals surface area (Å²) in [5.41, 5.74) is 0. The topological polar surface area (TPSA) is 72.5 Å². The summed E-state index contributed by atoms with van der Waals surface area (Å²) in [5.74, 6) is -1.16. The lowest BCUT2D eigenvalue weighted by Crippen LogP contribution is -2.27. The number of hydrogen-bond donors (Lipinski definition) is 1. The summed E-state index contributed by atoms with van der Waals surface area (Å²) >= 11 is 0. The Morgan fingerprint density at radius 2 is 2.00 bits per heavy atom. The number of nitrogens with one attached hydrogen (secondary N) is 1. The molecule has 0 aliphatic rings. The number of carbonyl (C=O) groups excluding carboxylic acids is 1. The van der Waals surface area contributed by atoms with Gasteiger partial charge in [0.2, 0.25) is 0 Å². The monoisotopic (exact) mass is 251 g/mol. The molecule has 0 amide bonds. The zero-order valence-electron chi connectivity index (χ0n) is 10.2. The minimum absolute atomic E-state index is 0.0194. The maximum absolute atomic E-state index is 11.4. The van der Waals surface area contributed by atoms with E-state index in [0.29, 0.717) is 19.0 Å². The van der Waals surface area contributed by atoms with E-state index >= 15 is 0 Å². The zero-order chi connectivity index (χ0) is 12.6. The Morgan fingerprint density at radius 1 is 1.38 bits per heavy atom. The third-order valence-corrected chi connectivity index (χ3v) is 3.41. The van der Waals surface area contributed by atoms with Crippen LogP contribution in [0, 0.1) is 0 Å². The third kappa shape index (κ3) is 8.67. The highest BCUT2D eigenvalue weighted by molar-refractivity contribution is 7.92. The number of hydrogen-bond acceptors (Lipinski definition) is 5. The summed E-state index contributed by atoms with van der Waals surface area (Å²) < 4.78 is 27.5. The van der Waals surface area contributed by atoms with Gasteiger partial charge in [0.15, 0.2) is 9.84 Å². The van der Waals surface area contributed by atoms with Gasteiger partial charge < -0.3 is 10.1 Å². The predicted molar refractivity (Wildman–Crippen MR) is 63.0 cm³/mol. The molecule has 0 aliphatic heterocycles. The van der Waals surface area contributed by atoms with Crippen LogP contribution in [-0.2, 0) is 19.4 Å². The van der Waals surface area contributed by atoms with Gasteiger partial charge in [-0.2, -0.15) is 0 Å². The van der Waals surface area contributed by atoms with Crippen molar-refractivity contribution >= 4 is 15.8 Å². The summed E-state index contributed by atoms with van der Waals surface area (Å²) in [6.07, 6.45) is 0.514. The molecule has 0 aliphatic carbocycles. The van der Waals surface area contributed by atoms with E-state index in [4.69, 9.17) is 0 Å². The van der Waals surface area contributed by atoms with Gasteiger partial charge in [-0.3, -0.25) is 4.79 Å². The number of ether oxygens (including phenoxy) is 1. The van der Waals surface area contributed by atoms with Gasteiger partial charge in [-0.15, -0.1) is 0 Å². The molecule has 0 radical (unpaired) electrons. The smallest absolute Gasteiger partial charge is 0.321 e. The van der Waals surface area contributed by atoms with Crippen molar-refractivity contribution in [2.45, 2.75) is 33.2 Å². The van der Waals surface area contributed by atoms with Crippen LogP contribution in [0.2, 0.25) is 0 Å². The maximum Gasteiger partial charge on any atom is 0.321 e. The average molecular weight is 251 g/mol. The molecule has 0 rings (SSSR count). The fourth-order valence-corrected chi connectivity index (χ4v) is 2.31. The first kappa shape index (κ1) is 15.4. The fraction of sp³-hybridized carbons (Fsp3) is 0.900. The molecule has 0 bridgehead atoms. The van der Waals surface area contributed by atoms with Crippen LogP contribution < -0.4 is 5.32 Å². The van der Waals surface area contributed by atoms with E-state index in [1.54, 1.807) is 6.92 Å². The van der Waals surface area contributed by atoms with Gasteiger partial charge >= 0.3 is 5.97 Å². The predicted octanol–water partition coefficient (Wildman–Crippen LogP) is 0.352. The Morgan fingerprint density at radius 3 is 2.50 bits per heavy atom. The number of carbonyl (C=O) groups is 1. The SMILES string of the molecule is CCOC(=O)CS(=O)(=O)CCCNC(C)C. The maximum atomic E-state index is 11.4. The van der Waals surface area contributed by atoms with Crippen molar-refractivity contribution in [1.29, 1.82) is 0 Å². The van der Waals surface area contributed by atoms with Gasteiger partial charge in [-0.25, -0.2) is 8.42 Å². The van der Waals surface area contributed by atoms with Crippen molar-refractivity contribution in [3.05, 3.63) is 0 Å². The second-order valence-electron chi connectivity index (χ2n) is 3.86. The van der Waals surface area contributed by atoms with Crippen LogP contribution in [0.3, 0.4) is 0 Å². The Labute approximate surface area is 97.5 Å². The molecular formula is C10H21NO4S. The summed E-state index contributed by atoms with van der Waals surface area (Å²) in [7, 11) is -3.32. The van der Waals surface area contributed by atoms with Gasteiger partial charge in [0.05, 0.1) is 12.4 Å². The minimum atomic E-state index is -3.32. The van der Waals surface area contributed by atoms with Crippen LogP contribution in [0.15, 0.2) is 0 Å². The first-order chi connectivity index (χ1) is 7.37. The molecule has 0 fully saturated rings. The van der Waals surface area contributed by atoms with E-state index in [-0.39, 0.29) is 12.4 Å². The second-order valence-corrected chi connectivity index (χ2v) is 6.04. The van der Waals surface area contributed by atoms with Gasteiger partial charge in [0.25, 0.3) is 0 Å². The minimum Gasteiger partial charge on any atom is -0.465 e. The highest BCUT2D eigenvalue weighted by Gasteiger charge is 2.16. The largest absolute Gasteiger partial charge is 0.465 e. The highest BCUT2D eigenvalue weighted by atomic mass is 32.2. The molecule has 6 heteroatoms. The first-order valence-electron chi connectivity index (χ1n) is 5.47. The van der Waals surface area contributed by atoms with E-state index in [9.17, 15) is 13.2 Å². The highest BCUT2D eigenvalue weighted by Crippen LogP contribution is 1.96. The van der Waals surface area contributed by atoms with Crippen LogP contribution in [-0.4, -0.2) is 45.1 Å². The van der Waals surface area contributed by atoms with Crippen LogP contribution in [0.1, 0.15) is 27.2 Å². The quantitative estimate of drug-likeness (QED) is 0.498. The third-order valence-electron chi connectivity index (χ3n) is 1.83. The zero-order valence-corrected chi connectivity index (χ0v) is 11.0. The Balaban J connectivity index is 3.83. The Bertz CT molecular complexity index is 298. The lowest BCUT2D eigenvalue weighted by Gasteiger charge is -2.08. The molecular weight excluding hydrogens is 230 g/mol. The second kappa shape index (κ2) is 7.62. The molecule has 0 saturated heterocycles. The van der Waals surface area contributed by atoms with Crippen molar-refractivity contribution < 1.29 is 17.9 Å². The van der Waals surface area contributed by atoms with Crippen LogP contribution in [0.5, 0.6) is 0 Å². The van der Waals surface area contributed by atoms with Crippen molar-refractivity contribution in [3.63, 3.8) is 0 Å². The lowest BCUT2D eigenvalue weighted by atomic mass is 10.4. The summed E-state index contributed by atoms with van der Waals surface area (Å²) in [4.78, 5) is 11.0. The normalized spacial score (nSPS) is 11.8. The number of esters is 1. The lowest BCUT2D eigenvalue weighted by molar-refractivity contribution is -0.139. The number of rotatable bonds is 8. The molecule has 5 nitrogen and oxygen atoms in total. The van der Waals surface area contributed by atoms with Crippen LogP contribution in [0.4, 0.5) is 0 Å². The molecule has 0 aromatic carbocycles. The van der Waals surface area contributed by atoms with Crippen LogP contribution >= 0.6 is 0 Å². The first-order valence-corrected chi connectivity index (χ1v) is 7.29. The average Bonchev–Trinajstić information content (AvgIpc) is 2.11. The molecule has 0 spiro atoms. The summed E-state index contributed by atoms with van der Waals surface area (Å²) in [6, 6.07) is 0.341. The summed E-state index contributed by atoms with van der Waals surface area (Å²) in [6.45, 7) is 6.49. The van der Waals surface area contributed by atoms with E-state index < -0.39 is 21.6 Å². The molecule has 0 aromatic heterocycles. The van der Waals surface area contributed by atoms with E-state index in [2.05, 4.69) is 10.1 Å². The number of sulfone groups is 1. The molecule has 1 N–H and O–H groups in total. The summed E-state index contributed by atoms with van der Waals surface area (Å²) in [5, 5.41) is 3.12. The van der Waals surface area contributed by atoms with Crippen molar-refractivity contribution in [2.75, 3.05) is 24.7 Å². The van der Waals surface area contributed by atoms with Gasteiger partial charge in [0.1, 0.15) is 5.75 Å². The van der Waals surface area contributed by atoms with Crippen molar-refractivity contribution in [2.24, 2.45) is 0 Å². The van der Waals surface area contributed by atoms with Gasteiger partial charge in [-0.1, -0.05) is 13.8 Å². The molecule has 96 valence electrons.